The lowest BCUT2D eigenvalue weighted by Crippen LogP contribution is -2.02. The molecule has 0 spiro atoms. The first-order valence-corrected chi connectivity index (χ1v) is 10.4. The van der Waals surface area contributed by atoms with Crippen molar-refractivity contribution in [3.8, 4) is 5.69 Å². The maximum absolute atomic E-state index is 11.4. The van der Waals surface area contributed by atoms with Crippen molar-refractivity contribution >= 4 is 29.4 Å². The number of hydrogen-bond acceptors (Lipinski definition) is 5. The number of para-hydroxylation sites is 1. The van der Waals surface area contributed by atoms with Crippen LogP contribution in [0.15, 0.2) is 79.0 Å². The predicted molar refractivity (Wildman–Crippen MR) is 130 cm³/mol. The molecule has 0 atom stereocenters. The Morgan fingerprint density at radius 1 is 0.743 bits per heavy atom. The van der Waals surface area contributed by atoms with Crippen molar-refractivity contribution in [2.45, 2.75) is 13.8 Å². The lowest BCUT2D eigenvalue weighted by molar-refractivity contribution is 0.0682. The lowest BCUT2D eigenvalue weighted by atomic mass is 10.1. The van der Waals surface area contributed by atoms with Gasteiger partial charge in [-0.05, 0) is 67.4 Å². The molecule has 4 N–H and O–H groups in total. The molecule has 0 saturated carbocycles. The van der Waals surface area contributed by atoms with Crippen molar-refractivity contribution in [2.75, 3.05) is 5.32 Å². The zero-order valence-electron chi connectivity index (χ0n) is 19.0. The van der Waals surface area contributed by atoms with Gasteiger partial charge in [0.15, 0.2) is 5.82 Å². The third-order valence-corrected chi connectivity index (χ3v) is 4.82. The molecular formula is C26H23N3O6. The number of nitrogens with one attached hydrogen (secondary N) is 1. The standard InChI is InChI=1S/C17H15N3O2.C9H8O4/c1-12-6-5-7-13(10-12)18-16-15(17(21)22)11-20(19-16)14-8-3-2-4-9-14;1-5-2-6(8(10)11)4-7(3-5)9(12)13/h2-11H,1H3,(H,18,19)(H,21,22);2-4H,1H3,(H,10,11)(H,12,13). The van der Waals surface area contributed by atoms with Crippen molar-refractivity contribution in [3.05, 3.63) is 107 Å². The maximum Gasteiger partial charge on any atom is 0.341 e. The van der Waals surface area contributed by atoms with Crippen molar-refractivity contribution < 1.29 is 29.7 Å². The molecule has 9 heteroatoms. The van der Waals surface area contributed by atoms with Gasteiger partial charge in [-0.25, -0.2) is 19.1 Å². The summed E-state index contributed by atoms with van der Waals surface area (Å²) in [5.74, 6) is -2.93. The number of nitrogens with zero attached hydrogens (tertiary/aromatic N) is 2. The van der Waals surface area contributed by atoms with Crippen molar-refractivity contribution in [1.29, 1.82) is 0 Å². The van der Waals surface area contributed by atoms with Crippen LogP contribution in [0.2, 0.25) is 0 Å². The van der Waals surface area contributed by atoms with E-state index in [9.17, 15) is 19.5 Å². The molecule has 4 rings (SSSR count). The van der Waals surface area contributed by atoms with Gasteiger partial charge in [-0.3, -0.25) is 0 Å². The fourth-order valence-electron chi connectivity index (χ4n) is 3.23. The Bertz CT molecular complexity index is 1350. The highest BCUT2D eigenvalue weighted by Gasteiger charge is 2.16. The van der Waals surface area contributed by atoms with Gasteiger partial charge in [0.05, 0.1) is 16.8 Å². The molecule has 35 heavy (non-hydrogen) atoms. The van der Waals surface area contributed by atoms with Crippen LogP contribution < -0.4 is 5.32 Å². The highest BCUT2D eigenvalue weighted by atomic mass is 16.4. The minimum Gasteiger partial charge on any atom is -0.478 e. The summed E-state index contributed by atoms with van der Waals surface area (Å²) in [6.45, 7) is 3.63. The second kappa shape index (κ2) is 10.8. The number of carboxylic acids is 3. The number of aryl methyl sites for hydroxylation is 2. The third kappa shape index (κ3) is 6.55. The van der Waals surface area contributed by atoms with Crippen molar-refractivity contribution in [2.24, 2.45) is 0 Å². The van der Waals surface area contributed by atoms with E-state index in [1.165, 1.54) is 18.3 Å². The number of carboxylic acid groups (broad SMARTS) is 3. The smallest absolute Gasteiger partial charge is 0.341 e. The van der Waals surface area contributed by atoms with Crippen LogP contribution in [-0.2, 0) is 0 Å². The molecule has 0 aliphatic carbocycles. The number of aromatic nitrogens is 2. The zero-order chi connectivity index (χ0) is 25.5. The summed E-state index contributed by atoms with van der Waals surface area (Å²) in [6, 6.07) is 21.1. The quantitative estimate of drug-likeness (QED) is 0.306. The first kappa shape index (κ1) is 24.7. The van der Waals surface area contributed by atoms with Gasteiger partial charge >= 0.3 is 17.9 Å². The number of hydrogen-bond donors (Lipinski definition) is 4. The maximum atomic E-state index is 11.4. The minimum atomic E-state index is -1.12. The molecule has 3 aromatic carbocycles. The van der Waals surface area contributed by atoms with E-state index < -0.39 is 17.9 Å². The van der Waals surface area contributed by atoms with E-state index in [0.29, 0.717) is 11.4 Å². The van der Waals surface area contributed by atoms with Crippen LogP contribution in [0.4, 0.5) is 11.5 Å². The van der Waals surface area contributed by atoms with E-state index in [2.05, 4.69) is 10.4 Å². The Hall–Kier alpha value is -4.92. The van der Waals surface area contributed by atoms with Gasteiger partial charge in [0.1, 0.15) is 5.56 Å². The normalized spacial score (nSPS) is 10.1. The van der Waals surface area contributed by atoms with Crippen LogP contribution in [0.25, 0.3) is 5.69 Å². The van der Waals surface area contributed by atoms with Crippen molar-refractivity contribution in [3.63, 3.8) is 0 Å². The van der Waals surface area contributed by atoms with Crippen LogP contribution in [0.3, 0.4) is 0 Å². The molecule has 1 heterocycles. The van der Waals surface area contributed by atoms with Gasteiger partial charge in [-0.15, -0.1) is 5.10 Å². The molecule has 0 amide bonds. The zero-order valence-corrected chi connectivity index (χ0v) is 19.0. The van der Waals surface area contributed by atoms with Crippen LogP contribution >= 0.6 is 0 Å². The number of aromatic carboxylic acids is 3. The molecule has 0 aliphatic rings. The first-order valence-electron chi connectivity index (χ1n) is 10.4. The van der Waals surface area contributed by atoms with Gasteiger partial charge in [0.2, 0.25) is 0 Å². The average molecular weight is 473 g/mol. The molecule has 4 aromatic rings. The SMILES string of the molecule is Cc1cc(C(=O)O)cc(C(=O)O)c1.Cc1cccc(Nc2nn(-c3ccccc3)cc2C(=O)O)c1. The number of benzene rings is 3. The van der Waals surface area contributed by atoms with E-state index in [-0.39, 0.29) is 16.7 Å². The van der Waals surface area contributed by atoms with E-state index in [1.54, 1.807) is 11.6 Å². The molecule has 1 aromatic heterocycles. The Balaban J connectivity index is 0.000000225. The summed E-state index contributed by atoms with van der Waals surface area (Å²) < 4.78 is 1.56. The largest absolute Gasteiger partial charge is 0.478 e. The van der Waals surface area contributed by atoms with E-state index >= 15 is 0 Å². The van der Waals surface area contributed by atoms with Gasteiger partial charge in [-0.1, -0.05) is 30.3 Å². The van der Waals surface area contributed by atoms with Gasteiger partial charge < -0.3 is 20.6 Å². The topological polar surface area (TPSA) is 142 Å². The average Bonchev–Trinajstić information content (AvgIpc) is 3.24. The third-order valence-electron chi connectivity index (χ3n) is 4.82. The molecule has 9 nitrogen and oxygen atoms in total. The molecule has 0 radical (unpaired) electrons. The Labute approximate surface area is 200 Å². The monoisotopic (exact) mass is 473 g/mol. The van der Waals surface area contributed by atoms with Crippen LogP contribution in [-0.4, -0.2) is 43.0 Å². The highest BCUT2D eigenvalue weighted by Crippen LogP contribution is 2.22. The number of rotatable bonds is 6. The van der Waals surface area contributed by atoms with Crippen LogP contribution in [0.5, 0.6) is 0 Å². The summed E-state index contributed by atoms with van der Waals surface area (Å²) >= 11 is 0. The fraction of sp³-hybridized carbons (Fsp3) is 0.0769. The van der Waals surface area contributed by atoms with Gasteiger partial charge in [-0.2, -0.15) is 0 Å². The minimum absolute atomic E-state index is 0.00241. The first-order chi connectivity index (χ1) is 16.6. The summed E-state index contributed by atoms with van der Waals surface area (Å²) in [5.41, 5.74) is 3.45. The molecule has 0 saturated heterocycles. The molecule has 0 unspecified atom stereocenters. The fourth-order valence-corrected chi connectivity index (χ4v) is 3.23. The molecule has 0 aliphatic heterocycles. The number of carbonyl (C=O) groups is 3. The molecule has 0 fully saturated rings. The number of anilines is 2. The van der Waals surface area contributed by atoms with E-state index in [1.807, 2.05) is 61.5 Å². The Morgan fingerprint density at radius 3 is 1.91 bits per heavy atom. The second-order valence-corrected chi connectivity index (χ2v) is 7.67. The van der Waals surface area contributed by atoms with Gasteiger partial charge in [0, 0.05) is 11.9 Å². The lowest BCUT2D eigenvalue weighted by Gasteiger charge is -2.05. The van der Waals surface area contributed by atoms with Crippen LogP contribution in [0.1, 0.15) is 42.2 Å². The van der Waals surface area contributed by atoms with Crippen LogP contribution in [0, 0.1) is 13.8 Å². The molecule has 178 valence electrons. The van der Waals surface area contributed by atoms with E-state index in [0.717, 1.165) is 23.0 Å². The molecular weight excluding hydrogens is 450 g/mol. The summed E-state index contributed by atoms with van der Waals surface area (Å²) in [5, 5.41) is 34.0. The highest BCUT2D eigenvalue weighted by molar-refractivity contribution is 5.94. The summed E-state index contributed by atoms with van der Waals surface area (Å²) in [7, 11) is 0. The Kier molecular flexibility index (Phi) is 7.63. The summed E-state index contributed by atoms with van der Waals surface area (Å²) in [6.07, 6.45) is 1.51. The summed E-state index contributed by atoms with van der Waals surface area (Å²) in [4.78, 5) is 32.5. The van der Waals surface area contributed by atoms with E-state index in [4.69, 9.17) is 10.2 Å². The van der Waals surface area contributed by atoms with Gasteiger partial charge in [0.25, 0.3) is 0 Å². The predicted octanol–water partition coefficient (Wildman–Crippen LogP) is 5.01. The molecule has 0 bridgehead atoms. The second-order valence-electron chi connectivity index (χ2n) is 7.67. The Morgan fingerprint density at radius 2 is 1.37 bits per heavy atom. The van der Waals surface area contributed by atoms with Crippen molar-refractivity contribution in [1.82, 2.24) is 9.78 Å².